The van der Waals surface area contributed by atoms with Crippen molar-refractivity contribution >= 4 is 66.2 Å². The van der Waals surface area contributed by atoms with Crippen LogP contribution in [0.3, 0.4) is 0 Å². The highest BCUT2D eigenvalue weighted by Gasteiger charge is 2.46. The SMILES string of the molecule is CN[C@@H](C)C(=O)N[C@@H](CC#CC#CCCC(=O)N[C@H]1C[C@@H](C(=O)N[C@@H]2CCCc3ccccc32)N(C(=O)[C@@H](NC(=O)[C@H](C)NC)C(C)(C)C)C1)C(=O)N1CCC[C@H]1C(=O)N[C@@H]1CCCc2ccccc21.Cl.Cl. The first-order valence-corrected chi connectivity index (χ1v) is 25.1. The topological polar surface area (TPSA) is 210 Å². The van der Waals surface area contributed by atoms with Crippen LogP contribution in [0, 0.1) is 29.1 Å². The molecule has 0 aromatic heterocycles. The molecule has 2 aliphatic heterocycles. The van der Waals surface area contributed by atoms with Gasteiger partial charge in [-0.3, -0.25) is 33.6 Å². The van der Waals surface area contributed by atoms with Gasteiger partial charge in [-0.05, 0) is 125 Å². The smallest absolute Gasteiger partial charge is 0.246 e. The van der Waals surface area contributed by atoms with Crippen LogP contribution >= 0.6 is 24.8 Å². The fourth-order valence-electron chi connectivity index (χ4n) is 9.90. The van der Waals surface area contributed by atoms with Gasteiger partial charge in [0.05, 0.1) is 24.2 Å². The zero-order valence-electron chi connectivity index (χ0n) is 42.8. The molecule has 4 aliphatic rings. The number of nitrogens with zero attached hydrogens (tertiary/aromatic N) is 2. The first kappa shape index (κ1) is 58.9. The second-order valence-electron chi connectivity index (χ2n) is 20.2. The lowest BCUT2D eigenvalue weighted by atomic mass is 9.85. The van der Waals surface area contributed by atoms with Crippen molar-refractivity contribution in [3.63, 3.8) is 0 Å². The Kier molecular flexibility index (Phi) is 22.4. The average Bonchev–Trinajstić information content (AvgIpc) is 4.02. The fourth-order valence-corrected chi connectivity index (χ4v) is 9.90. The van der Waals surface area contributed by atoms with Crippen LogP contribution in [0.5, 0.6) is 0 Å². The van der Waals surface area contributed by atoms with Gasteiger partial charge in [-0.25, -0.2) is 0 Å². The number of rotatable bonds is 16. The Morgan fingerprint density at radius 1 is 0.667 bits per heavy atom. The van der Waals surface area contributed by atoms with E-state index in [9.17, 15) is 33.6 Å². The zero-order valence-corrected chi connectivity index (χ0v) is 44.4. The minimum atomic E-state index is -1.01. The van der Waals surface area contributed by atoms with E-state index < -0.39 is 53.6 Å². The summed E-state index contributed by atoms with van der Waals surface area (Å²) in [7, 11) is 3.31. The molecule has 392 valence electrons. The maximum Gasteiger partial charge on any atom is 0.246 e. The van der Waals surface area contributed by atoms with E-state index in [0.717, 1.165) is 49.7 Å². The number of carbonyl (C=O) groups excluding carboxylic acids is 7. The second kappa shape index (κ2) is 27.4. The molecule has 2 aliphatic carbocycles. The number of fused-ring (bicyclic) bond motifs is 2. The predicted octanol–water partition coefficient (Wildman–Crippen LogP) is 3.70. The molecule has 2 heterocycles. The standard InChI is InChI=1S/C54H73N9O7.2ClH/c1-34(55-6)48(65)60-43(52(69)62-31-19-29-44(62)50(67)58-41-27-17-22-36-20-13-15-24-39(36)41)26-11-9-8-10-12-30-46(64)57-38-32-45(51(68)59-42-28-18-23-37-21-14-16-25-40(37)42)63(33-38)53(70)47(54(3,4)5)61-49(66)35(2)56-7;;/h13-16,20-21,24-25,34-35,38,41-45,47,55-56H,12,17-19,22-23,26-33H2,1-7H3,(H,57,64)(H,58,67)(H,59,68)(H,60,65)(H,61,66);2*1H/t34-,35-,38-,41+,42+,43-,44-,45-,47+;;/m0../s1. The summed E-state index contributed by atoms with van der Waals surface area (Å²) in [6.45, 7) is 9.43. The molecule has 7 amide bonds. The van der Waals surface area contributed by atoms with Crippen molar-refractivity contribution < 1.29 is 33.6 Å². The molecule has 0 unspecified atom stereocenters. The molecule has 7 N–H and O–H groups in total. The minimum absolute atomic E-state index is 0. The number of nitrogens with one attached hydrogen (secondary N) is 7. The zero-order chi connectivity index (χ0) is 50.5. The number of carbonyl (C=O) groups is 7. The summed E-state index contributed by atoms with van der Waals surface area (Å²) in [5.41, 5.74) is 3.89. The molecule has 0 bridgehead atoms. The largest absolute Gasteiger partial charge is 0.351 e. The third kappa shape index (κ3) is 15.2. The molecular weight excluding hydrogens is 958 g/mol. The van der Waals surface area contributed by atoms with Crippen molar-refractivity contribution in [3.8, 4) is 23.7 Å². The first-order valence-electron chi connectivity index (χ1n) is 25.1. The third-order valence-electron chi connectivity index (χ3n) is 14.2. The van der Waals surface area contributed by atoms with Gasteiger partial charge in [-0.15, -0.1) is 24.8 Å². The summed E-state index contributed by atoms with van der Waals surface area (Å²) in [5.74, 6) is 9.00. The summed E-state index contributed by atoms with van der Waals surface area (Å²) in [6, 6.07) is 10.6. The maximum atomic E-state index is 14.5. The molecule has 72 heavy (non-hydrogen) atoms. The number of halogens is 2. The summed E-state index contributed by atoms with van der Waals surface area (Å²) in [5, 5.41) is 21.0. The van der Waals surface area contributed by atoms with Crippen LogP contribution in [-0.2, 0) is 46.4 Å². The minimum Gasteiger partial charge on any atom is -0.351 e. The second-order valence-corrected chi connectivity index (χ2v) is 20.2. The number of likely N-dealkylation sites (tertiary alicyclic amines) is 2. The van der Waals surface area contributed by atoms with E-state index in [2.05, 4.69) is 73.0 Å². The Bertz CT molecular complexity index is 2390. The maximum absolute atomic E-state index is 14.5. The molecule has 0 spiro atoms. The number of aryl methyl sites for hydroxylation is 2. The van der Waals surface area contributed by atoms with Crippen LogP contribution in [-0.4, -0.2) is 121 Å². The monoisotopic (exact) mass is 1030 g/mol. The molecule has 6 rings (SSSR count). The highest BCUT2D eigenvalue weighted by Crippen LogP contribution is 2.33. The van der Waals surface area contributed by atoms with Gasteiger partial charge < -0.3 is 47.0 Å². The molecule has 0 radical (unpaired) electrons. The van der Waals surface area contributed by atoms with E-state index in [1.807, 2.05) is 57.2 Å². The van der Waals surface area contributed by atoms with Crippen molar-refractivity contribution in [2.75, 3.05) is 27.2 Å². The summed E-state index contributed by atoms with van der Waals surface area (Å²) < 4.78 is 0. The Morgan fingerprint density at radius 2 is 1.21 bits per heavy atom. The molecule has 2 saturated heterocycles. The van der Waals surface area contributed by atoms with E-state index >= 15 is 0 Å². The highest BCUT2D eigenvalue weighted by atomic mass is 35.5. The van der Waals surface area contributed by atoms with Crippen molar-refractivity contribution in [1.82, 2.24) is 47.0 Å². The molecule has 2 aromatic rings. The van der Waals surface area contributed by atoms with Crippen molar-refractivity contribution in [3.05, 3.63) is 70.8 Å². The third-order valence-corrected chi connectivity index (χ3v) is 14.2. The Labute approximate surface area is 438 Å². The first-order chi connectivity index (χ1) is 33.5. The molecular formula is C54H75Cl2N9O7. The van der Waals surface area contributed by atoms with E-state index in [1.165, 1.54) is 16.0 Å². The van der Waals surface area contributed by atoms with Gasteiger partial charge in [0.25, 0.3) is 0 Å². The number of amides is 7. The highest BCUT2D eigenvalue weighted by molar-refractivity contribution is 5.95. The Hall–Kier alpha value is -5.65. The molecule has 2 aromatic carbocycles. The van der Waals surface area contributed by atoms with Gasteiger partial charge in [0.2, 0.25) is 41.4 Å². The molecule has 2 fully saturated rings. The van der Waals surface area contributed by atoms with Crippen molar-refractivity contribution in [2.24, 2.45) is 5.41 Å². The predicted molar refractivity (Wildman–Crippen MR) is 282 cm³/mol. The van der Waals surface area contributed by atoms with Gasteiger partial charge in [-0.2, -0.15) is 0 Å². The van der Waals surface area contributed by atoms with Crippen LogP contribution in [0.4, 0.5) is 0 Å². The van der Waals surface area contributed by atoms with Crippen LogP contribution in [0.15, 0.2) is 48.5 Å². The molecule has 9 atom stereocenters. The number of likely N-dealkylation sites (N-methyl/N-ethyl adjacent to an activating group) is 2. The Balaban J connectivity index is 0.00000562. The van der Waals surface area contributed by atoms with E-state index in [4.69, 9.17) is 0 Å². The number of hydrogen-bond acceptors (Lipinski definition) is 9. The Morgan fingerprint density at radius 3 is 1.78 bits per heavy atom. The quantitative estimate of drug-likeness (QED) is 0.122. The summed E-state index contributed by atoms with van der Waals surface area (Å²) in [6.07, 6.45) is 6.86. The van der Waals surface area contributed by atoms with Gasteiger partial charge in [0.15, 0.2) is 0 Å². The lowest BCUT2D eigenvalue weighted by molar-refractivity contribution is -0.144. The van der Waals surface area contributed by atoms with Gasteiger partial charge in [-0.1, -0.05) is 81.1 Å². The lowest BCUT2D eigenvalue weighted by Crippen LogP contribution is -2.59. The van der Waals surface area contributed by atoms with Crippen LogP contribution in [0.25, 0.3) is 0 Å². The van der Waals surface area contributed by atoms with Crippen LogP contribution < -0.4 is 37.2 Å². The van der Waals surface area contributed by atoms with E-state index in [-0.39, 0.29) is 105 Å². The van der Waals surface area contributed by atoms with E-state index in [0.29, 0.717) is 19.4 Å². The number of benzene rings is 2. The fraction of sp³-hybridized carbons (Fsp3) is 0.574. The molecule has 18 heteroatoms. The van der Waals surface area contributed by atoms with Crippen LogP contribution in [0.2, 0.25) is 0 Å². The van der Waals surface area contributed by atoms with Gasteiger partial charge in [0.1, 0.15) is 24.2 Å². The molecule has 16 nitrogen and oxygen atoms in total. The van der Waals surface area contributed by atoms with Crippen LogP contribution in [0.1, 0.15) is 133 Å². The normalized spacial score (nSPS) is 21.6. The lowest BCUT2D eigenvalue weighted by Gasteiger charge is -2.36. The molecule has 0 saturated carbocycles. The number of hydrogen-bond donors (Lipinski definition) is 7. The van der Waals surface area contributed by atoms with Crippen molar-refractivity contribution in [1.29, 1.82) is 0 Å². The summed E-state index contributed by atoms with van der Waals surface area (Å²) >= 11 is 0. The summed E-state index contributed by atoms with van der Waals surface area (Å²) in [4.78, 5) is 99.0. The van der Waals surface area contributed by atoms with Crippen molar-refractivity contribution in [2.45, 2.75) is 166 Å². The van der Waals surface area contributed by atoms with E-state index in [1.54, 1.807) is 32.8 Å². The van der Waals surface area contributed by atoms with Gasteiger partial charge in [0, 0.05) is 38.4 Å². The van der Waals surface area contributed by atoms with Gasteiger partial charge >= 0.3 is 0 Å². The average molecular weight is 1030 g/mol.